The number of hydrogen-bond donors (Lipinski definition) is 1. The highest BCUT2D eigenvalue weighted by molar-refractivity contribution is 5.92. The molecule has 3 heteroatoms. The Morgan fingerprint density at radius 2 is 2.00 bits per heavy atom. The monoisotopic (exact) mass is 260 g/mol. The topological polar surface area (TPSA) is 32.3 Å². The van der Waals surface area contributed by atoms with E-state index in [2.05, 4.69) is 36.2 Å². The Kier molecular flexibility index (Phi) is 4.59. The number of anilines is 1. The van der Waals surface area contributed by atoms with Crippen molar-refractivity contribution >= 4 is 11.6 Å². The third-order valence-electron chi connectivity index (χ3n) is 4.04. The highest BCUT2D eigenvalue weighted by atomic mass is 16.2. The predicted octanol–water partition coefficient (Wildman–Crippen LogP) is 2.92. The fourth-order valence-electron chi connectivity index (χ4n) is 2.33. The van der Waals surface area contributed by atoms with E-state index in [0.29, 0.717) is 12.6 Å². The highest BCUT2D eigenvalue weighted by Crippen LogP contribution is 2.34. The molecule has 1 amide bonds. The van der Waals surface area contributed by atoms with E-state index < -0.39 is 0 Å². The third kappa shape index (κ3) is 4.06. The molecule has 0 bridgehead atoms. The molecule has 1 aliphatic carbocycles. The van der Waals surface area contributed by atoms with Crippen LogP contribution in [0.1, 0.15) is 32.3 Å². The minimum atomic E-state index is 0.0687. The molecule has 1 fully saturated rings. The molecular weight excluding hydrogens is 236 g/mol. The summed E-state index contributed by atoms with van der Waals surface area (Å²) in [5.41, 5.74) is 2.17. The molecule has 0 spiro atoms. The number of benzene rings is 1. The number of aryl methyl sites for hydroxylation is 1. The van der Waals surface area contributed by atoms with Crippen molar-refractivity contribution in [3.05, 3.63) is 29.8 Å². The first kappa shape index (κ1) is 14.1. The van der Waals surface area contributed by atoms with Gasteiger partial charge in [0.05, 0.1) is 6.54 Å². The van der Waals surface area contributed by atoms with Crippen LogP contribution in [0.5, 0.6) is 0 Å². The number of rotatable bonds is 6. The van der Waals surface area contributed by atoms with Crippen LogP contribution in [0.3, 0.4) is 0 Å². The zero-order valence-corrected chi connectivity index (χ0v) is 12.1. The summed E-state index contributed by atoms with van der Waals surface area (Å²) in [6.45, 7) is 4.80. The minimum Gasteiger partial charge on any atom is -0.325 e. The van der Waals surface area contributed by atoms with Gasteiger partial charge in [0.15, 0.2) is 0 Å². The molecule has 1 aromatic rings. The molecule has 104 valence electrons. The predicted molar refractivity (Wildman–Crippen MR) is 79.3 cm³/mol. The summed E-state index contributed by atoms with van der Waals surface area (Å²) >= 11 is 0. The number of hydrogen-bond acceptors (Lipinski definition) is 2. The highest BCUT2D eigenvalue weighted by Gasteiger charge is 2.30. The van der Waals surface area contributed by atoms with Crippen molar-refractivity contribution in [3.63, 3.8) is 0 Å². The van der Waals surface area contributed by atoms with E-state index in [1.165, 1.54) is 18.4 Å². The van der Waals surface area contributed by atoms with E-state index in [0.717, 1.165) is 18.0 Å². The lowest BCUT2D eigenvalue weighted by atomic mass is 10.1. The Bertz CT molecular complexity index is 423. The second-order valence-corrected chi connectivity index (χ2v) is 5.59. The molecule has 1 saturated carbocycles. The molecule has 0 saturated heterocycles. The molecule has 1 unspecified atom stereocenters. The first-order chi connectivity index (χ1) is 9.10. The van der Waals surface area contributed by atoms with Crippen molar-refractivity contribution in [2.75, 3.05) is 18.9 Å². The van der Waals surface area contributed by atoms with Crippen LogP contribution in [-0.4, -0.2) is 30.4 Å². The Morgan fingerprint density at radius 3 is 2.53 bits per heavy atom. The van der Waals surface area contributed by atoms with Gasteiger partial charge in [0.2, 0.25) is 5.91 Å². The van der Waals surface area contributed by atoms with E-state index in [1.54, 1.807) is 0 Å². The number of carbonyl (C=O) groups excluding carboxylic acids is 1. The maximum atomic E-state index is 12.0. The van der Waals surface area contributed by atoms with Gasteiger partial charge in [-0.25, -0.2) is 0 Å². The number of likely N-dealkylation sites (N-methyl/N-ethyl adjacent to an activating group) is 1. The minimum absolute atomic E-state index is 0.0687. The molecule has 0 aliphatic heterocycles. The van der Waals surface area contributed by atoms with Crippen molar-refractivity contribution in [2.24, 2.45) is 5.92 Å². The summed E-state index contributed by atoms with van der Waals surface area (Å²) in [5, 5.41) is 2.96. The van der Waals surface area contributed by atoms with Crippen LogP contribution >= 0.6 is 0 Å². The van der Waals surface area contributed by atoms with Crippen molar-refractivity contribution in [1.82, 2.24) is 4.90 Å². The fraction of sp³-hybridized carbons (Fsp3) is 0.562. The largest absolute Gasteiger partial charge is 0.325 e. The Morgan fingerprint density at radius 1 is 1.37 bits per heavy atom. The molecular formula is C16H24N2O. The standard InChI is InChI=1S/C16H24N2O/c1-4-13-5-9-15(10-6-13)17-16(19)11-18(3)12(2)14-7-8-14/h5-6,9-10,12,14H,4,7-8,11H2,1-3H3,(H,17,19). The van der Waals surface area contributed by atoms with Crippen LogP contribution < -0.4 is 5.32 Å². The van der Waals surface area contributed by atoms with Gasteiger partial charge >= 0.3 is 0 Å². The fourth-order valence-corrected chi connectivity index (χ4v) is 2.33. The number of nitrogens with zero attached hydrogens (tertiary/aromatic N) is 1. The normalized spacial score (nSPS) is 16.4. The molecule has 0 aromatic heterocycles. The summed E-state index contributed by atoms with van der Waals surface area (Å²) in [5.74, 6) is 0.862. The summed E-state index contributed by atoms with van der Waals surface area (Å²) < 4.78 is 0. The Hall–Kier alpha value is -1.35. The van der Waals surface area contributed by atoms with Gasteiger partial charge in [-0.3, -0.25) is 9.69 Å². The molecule has 19 heavy (non-hydrogen) atoms. The van der Waals surface area contributed by atoms with Crippen molar-refractivity contribution in [3.8, 4) is 0 Å². The lowest BCUT2D eigenvalue weighted by Gasteiger charge is -2.23. The third-order valence-corrected chi connectivity index (χ3v) is 4.04. The van der Waals surface area contributed by atoms with Crippen molar-refractivity contribution in [2.45, 2.75) is 39.2 Å². The van der Waals surface area contributed by atoms with E-state index in [-0.39, 0.29) is 5.91 Å². The first-order valence-corrected chi connectivity index (χ1v) is 7.19. The van der Waals surface area contributed by atoms with Crippen LogP contribution in [-0.2, 0) is 11.2 Å². The molecule has 3 nitrogen and oxygen atoms in total. The zero-order valence-electron chi connectivity index (χ0n) is 12.1. The van der Waals surface area contributed by atoms with Gasteiger partial charge in [0, 0.05) is 11.7 Å². The van der Waals surface area contributed by atoms with Crippen molar-refractivity contribution < 1.29 is 4.79 Å². The van der Waals surface area contributed by atoms with Gasteiger partial charge in [-0.15, -0.1) is 0 Å². The van der Waals surface area contributed by atoms with Crippen molar-refractivity contribution in [1.29, 1.82) is 0 Å². The zero-order chi connectivity index (χ0) is 13.8. The summed E-state index contributed by atoms with van der Waals surface area (Å²) in [7, 11) is 2.03. The van der Waals surface area contributed by atoms with E-state index in [9.17, 15) is 4.79 Å². The lowest BCUT2D eigenvalue weighted by Crippen LogP contribution is -2.37. The average Bonchev–Trinajstić information content (AvgIpc) is 3.22. The van der Waals surface area contributed by atoms with Gasteiger partial charge in [-0.05, 0) is 56.8 Å². The van der Waals surface area contributed by atoms with Gasteiger partial charge in [-0.2, -0.15) is 0 Å². The number of amides is 1. The van der Waals surface area contributed by atoms with Gasteiger partial charge in [0.25, 0.3) is 0 Å². The van der Waals surface area contributed by atoms with E-state index >= 15 is 0 Å². The van der Waals surface area contributed by atoms with E-state index in [4.69, 9.17) is 0 Å². The molecule has 2 rings (SSSR count). The second kappa shape index (κ2) is 6.20. The summed E-state index contributed by atoms with van der Waals surface area (Å²) in [4.78, 5) is 14.1. The Balaban J connectivity index is 1.82. The van der Waals surface area contributed by atoms with Gasteiger partial charge in [0.1, 0.15) is 0 Å². The number of carbonyl (C=O) groups is 1. The molecule has 1 atom stereocenters. The smallest absolute Gasteiger partial charge is 0.238 e. The molecule has 1 aromatic carbocycles. The van der Waals surface area contributed by atoms with Crippen LogP contribution in [0, 0.1) is 5.92 Å². The van der Waals surface area contributed by atoms with Crippen LogP contribution in [0.15, 0.2) is 24.3 Å². The molecule has 0 heterocycles. The maximum Gasteiger partial charge on any atom is 0.238 e. The number of nitrogens with one attached hydrogen (secondary N) is 1. The maximum absolute atomic E-state index is 12.0. The summed E-state index contributed by atoms with van der Waals surface area (Å²) in [6, 6.07) is 8.58. The average molecular weight is 260 g/mol. The first-order valence-electron chi connectivity index (χ1n) is 7.19. The van der Waals surface area contributed by atoms with Crippen LogP contribution in [0.25, 0.3) is 0 Å². The van der Waals surface area contributed by atoms with Gasteiger partial charge in [-0.1, -0.05) is 19.1 Å². The quantitative estimate of drug-likeness (QED) is 0.853. The SMILES string of the molecule is CCc1ccc(NC(=O)CN(C)C(C)C2CC2)cc1. The molecule has 1 aliphatic rings. The summed E-state index contributed by atoms with van der Waals surface area (Å²) in [6.07, 6.45) is 3.65. The lowest BCUT2D eigenvalue weighted by molar-refractivity contribution is -0.117. The van der Waals surface area contributed by atoms with Gasteiger partial charge < -0.3 is 5.32 Å². The van der Waals surface area contributed by atoms with E-state index in [1.807, 2.05) is 19.2 Å². The Labute approximate surface area is 116 Å². The molecule has 1 N–H and O–H groups in total. The second-order valence-electron chi connectivity index (χ2n) is 5.59. The van der Waals surface area contributed by atoms with Crippen LogP contribution in [0.4, 0.5) is 5.69 Å². The molecule has 0 radical (unpaired) electrons. The van der Waals surface area contributed by atoms with Crippen LogP contribution in [0.2, 0.25) is 0 Å².